The normalized spacial score (nSPS) is 11.6. The summed E-state index contributed by atoms with van der Waals surface area (Å²) in [5, 5.41) is 26.7. The van der Waals surface area contributed by atoms with Crippen LogP contribution >= 0.6 is 0 Å². The van der Waals surface area contributed by atoms with Crippen molar-refractivity contribution < 1.29 is 10.1 Å². The number of amidine groups is 1. The van der Waals surface area contributed by atoms with Crippen LogP contribution in [0.3, 0.4) is 0 Å². The third-order valence-corrected chi connectivity index (χ3v) is 2.66. The topological polar surface area (TPSA) is 132 Å². The predicted molar refractivity (Wildman–Crippen MR) is 70.0 cm³/mol. The minimum Gasteiger partial charge on any atom is -0.409 e. The number of nitrogens with two attached hydrogens (primary N) is 1. The Labute approximate surface area is 113 Å². The fraction of sp³-hybridized carbons (Fsp3) is 0.182. The van der Waals surface area contributed by atoms with Gasteiger partial charge in [-0.15, -0.1) is 0 Å². The fourth-order valence-electron chi connectivity index (χ4n) is 1.80. The van der Waals surface area contributed by atoms with Gasteiger partial charge in [0.15, 0.2) is 11.7 Å². The van der Waals surface area contributed by atoms with Gasteiger partial charge in [0.05, 0.1) is 16.2 Å². The van der Waals surface area contributed by atoms with Crippen LogP contribution in [-0.2, 0) is 0 Å². The molecule has 0 saturated carbocycles. The molecule has 0 bridgehead atoms. The maximum absolute atomic E-state index is 10.8. The quantitative estimate of drug-likeness (QED) is 0.281. The largest absolute Gasteiger partial charge is 0.409 e. The molecule has 2 heterocycles. The first-order valence-electron chi connectivity index (χ1n) is 5.60. The van der Waals surface area contributed by atoms with Crippen molar-refractivity contribution in [2.45, 2.75) is 13.8 Å². The molecule has 0 unspecified atom stereocenters. The third kappa shape index (κ3) is 2.28. The second-order valence-corrected chi connectivity index (χ2v) is 4.15. The zero-order valence-corrected chi connectivity index (χ0v) is 10.8. The van der Waals surface area contributed by atoms with Gasteiger partial charge in [-0.3, -0.25) is 10.1 Å². The van der Waals surface area contributed by atoms with E-state index in [1.807, 2.05) is 6.07 Å². The van der Waals surface area contributed by atoms with E-state index in [9.17, 15) is 10.1 Å². The van der Waals surface area contributed by atoms with E-state index in [2.05, 4.69) is 15.2 Å². The second kappa shape index (κ2) is 4.96. The van der Waals surface area contributed by atoms with E-state index < -0.39 is 4.92 Å². The number of pyridine rings is 1. The summed E-state index contributed by atoms with van der Waals surface area (Å²) < 4.78 is 1.48. The summed E-state index contributed by atoms with van der Waals surface area (Å²) in [5.41, 5.74) is 6.97. The Balaban J connectivity index is 2.70. The molecule has 0 aliphatic carbocycles. The maximum atomic E-state index is 10.8. The van der Waals surface area contributed by atoms with Crippen molar-refractivity contribution in [1.29, 1.82) is 0 Å². The molecule has 0 amide bonds. The van der Waals surface area contributed by atoms with Gasteiger partial charge in [0.2, 0.25) is 0 Å². The first-order chi connectivity index (χ1) is 9.43. The highest BCUT2D eigenvalue weighted by Crippen LogP contribution is 2.19. The molecule has 0 aliphatic rings. The molecule has 2 aromatic heterocycles. The standard InChI is InChI=1S/C11H12N6O3/c1-6-3-7(2)16(14-6)11-9(10(12)15-18)4-8(5-13-11)17(19)20/h3-5,18H,1-2H3,(H2,12,15). The van der Waals surface area contributed by atoms with Crippen molar-refractivity contribution in [2.75, 3.05) is 0 Å². The SMILES string of the molecule is Cc1cc(C)n(-c2ncc([N+](=O)[O-])cc2C(N)=NO)n1. The van der Waals surface area contributed by atoms with Crippen LogP contribution in [-0.4, -0.2) is 30.7 Å². The van der Waals surface area contributed by atoms with Crippen LogP contribution < -0.4 is 5.73 Å². The van der Waals surface area contributed by atoms with Crippen molar-refractivity contribution in [2.24, 2.45) is 10.9 Å². The van der Waals surface area contributed by atoms with E-state index in [-0.39, 0.29) is 22.9 Å². The van der Waals surface area contributed by atoms with Gasteiger partial charge in [-0.2, -0.15) is 5.10 Å². The molecule has 0 spiro atoms. The minimum atomic E-state index is -0.605. The smallest absolute Gasteiger partial charge is 0.288 e. The summed E-state index contributed by atoms with van der Waals surface area (Å²) >= 11 is 0. The molecule has 0 fully saturated rings. The number of hydrogen-bond acceptors (Lipinski definition) is 6. The number of hydrogen-bond donors (Lipinski definition) is 2. The van der Waals surface area contributed by atoms with Crippen LogP contribution in [0.4, 0.5) is 5.69 Å². The second-order valence-electron chi connectivity index (χ2n) is 4.15. The summed E-state index contributed by atoms with van der Waals surface area (Å²) in [6.07, 6.45) is 1.10. The number of aryl methyl sites for hydroxylation is 2. The number of nitrogens with zero attached hydrogens (tertiary/aromatic N) is 5. The van der Waals surface area contributed by atoms with E-state index in [1.54, 1.807) is 13.8 Å². The number of aromatic nitrogens is 3. The zero-order valence-electron chi connectivity index (χ0n) is 10.8. The van der Waals surface area contributed by atoms with Gasteiger partial charge in [0, 0.05) is 11.8 Å². The molecule has 104 valence electrons. The molecular weight excluding hydrogens is 264 g/mol. The van der Waals surface area contributed by atoms with Gasteiger partial charge >= 0.3 is 0 Å². The molecule has 0 aliphatic heterocycles. The van der Waals surface area contributed by atoms with Crippen LogP contribution in [0.15, 0.2) is 23.5 Å². The lowest BCUT2D eigenvalue weighted by Gasteiger charge is -2.08. The lowest BCUT2D eigenvalue weighted by atomic mass is 10.2. The van der Waals surface area contributed by atoms with Crippen LogP contribution in [0.25, 0.3) is 5.82 Å². The molecule has 2 aromatic rings. The molecule has 0 aromatic carbocycles. The molecule has 3 N–H and O–H groups in total. The van der Waals surface area contributed by atoms with E-state index in [4.69, 9.17) is 10.9 Å². The lowest BCUT2D eigenvalue weighted by molar-refractivity contribution is -0.385. The summed E-state index contributed by atoms with van der Waals surface area (Å²) in [6, 6.07) is 3.01. The highest BCUT2D eigenvalue weighted by molar-refractivity contribution is 6.00. The highest BCUT2D eigenvalue weighted by atomic mass is 16.6. The third-order valence-electron chi connectivity index (χ3n) is 2.66. The van der Waals surface area contributed by atoms with Crippen molar-refractivity contribution in [3.8, 4) is 5.82 Å². The van der Waals surface area contributed by atoms with Crippen LogP contribution in [0.5, 0.6) is 0 Å². The van der Waals surface area contributed by atoms with Gasteiger partial charge in [-0.1, -0.05) is 5.16 Å². The van der Waals surface area contributed by atoms with Crippen LogP contribution in [0, 0.1) is 24.0 Å². The van der Waals surface area contributed by atoms with Gasteiger partial charge in [0.1, 0.15) is 6.20 Å². The van der Waals surface area contributed by atoms with Gasteiger partial charge in [0.25, 0.3) is 5.69 Å². The predicted octanol–water partition coefficient (Wildman–Crippen LogP) is 0.887. The Bertz CT molecular complexity index is 706. The molecule has 2 rings (SSSR count). The first-order valence-corrected chi connectivity index (χ1v) is 5.60. The number of oxime groups is 1. The number of nitro groups is 1. The lowest BCUT2D eigenvalue weighted by Crippen LogP contribution is -2.18. The van der Waals surface area contributed by atoms with Crippen LogP contribution in [0.2, 0.25) is 0 Å². The minimum absolute atomic E-state index is 0.132. The average Bonchev–Trinajstić information content (AvgIpc) is 2.75. The number of rotatable bonds is 3. The van der Waals surface area contributed by atoms with E-state index in [0.29, 0.717) is 0 Å². The maximum Gasteiger partial charge on any atom is 0.288 e. The van der Waals surface area contributed by atoms with E-state index >= 15 is 0 Å². The monoisotopic (exact) mass is 276 g/mol. The Kier molecular flexibility index (Phi) is 3.34. The first kappa shape index (κ1) is 13.5. The molecule has 9 nitrogen and oxygen atoms in total. The van der Waals surface area contributed by atoms with E-state index in [0.717, 1.165) is 17.6 Å². The Morgan fingerprint density at radius 3 is 2.70 bits per heavy atom. The van der Waals surface area contributed by atoms with E-state index in [1.165, 1.54) is 10.7 Å². The van der Waals surface area contributed by atoms with Gasteiger partial charge in [-0.25, -0.2) is 9.67 Å². The summed E-state index contributed by atoms with van der Waals surface area (Å²) in [7, 11) is 0. The van der Waals surface area contributed by atoms with Crippen molar-refractivity contribution >= 4 is 11.5 Å². The Hall–Kier alpha value is -2.97. The fourth-order valence-corrected chi connectivity index (χ4v) is 1.80. The summed E-state index contributed by atoms with van der Waals surface area (Å²) in [5.74, 6) is -0.0137. The highest BCUT2D eigenvalue weighted by Gasteiger charge is 2.18. The van der Waals surface area contributed by atoms with Crippen molar-refractivity contribution in [3.05, 3.63) is 45.4 Å². The average molecular weight is 276 g/mol. The van der Waals surface area contributed by atoms with Crippen molar-refractivity contribution in [1.82, 2.24) is 14.8 Å². The summed E-state index contributed by atoms with van der Waals surface area (Å²) in [4.78, 5) is 14.2. The summed E-state index contributed by atoms with van der Waals surface area (Å²) in [6.45, 7) is 3.61. The molecular formula is C11H12N6O3. The molecule has 20 heavy (non-hydrogen) atoms. The molecule has 0 saturated heterocycles. The van der Waals surface area contributed by atoms with Crippen molar-refractivity contribution in [3.63, 3.8) is 0 Å². The van der Waals surface area contributed by atoms with Gasteiger partial charge in [-0.05, 0) is 19.9 Å². The zero-order chi connectivity index (χ0) is 14.9. The molecule has 9 heteroatoms. The Morgan fingerprint density at radius 1 is 1.50 bits per heavy atom. The molecule has 0 radical (unpaired) electrons. The molecule has 0 atom stereocenters. The van der Waals surface area contributed by atoms with Gasteiger partial charge < -0.3 is 10.9 Å². The Morgan fingerprint density at radius 2 is 2.20 bits per heavy atom. The van der Waals surface area contributed by atoms with Crippen LogP contribution in [0.1, 0.15) is 17.0 Å².